The summed E-state index contributed by atoms with van der Waals surface area (Å²) in [5.41, 5.74) is 1.61. The van der Waals surface area contributed by atoms with Gasteiger partial charge >= 0.3 is 5.97 Å². The number of para-hydroxylation sites is 2. The Labute approximate surface area is 177 Å². The third-order valence-corrected chi connectivity index (χ3v) is 6.40. The maximum atomic E-state index is 12.6. The van der Waals surface area contributed by atoms with Crippen molar-refractivity contribution in [3.8, 4) is 0 Å². The number of fused-ring (bicyclic) bond motifs is 1. The van der Waals surface area contributed by atoms with Gasteiger partial charge in [-0.3, -0.25) is 9.59 Å². The first-order valence-electron chi connectivity index (χ1n) is 11.2. The van der Waals surface area contributed by atoms with Crippen LogP contribution in [-0.4, -0.2) is 54.0 Å². The van der Waals surface area contributed by atoms with Crippen LogP contribution in [0.1, 0.15) is 51.9 Å². The normalized spacial score (nSPS) is 18.5. The second kappa shape index (κ2) is 9.49. The van der Waals surface area contributed by atoms with Gasteiger partial charge in [-0.2, -0.15) is 4.98 Å². The molecule has 7 heteroatoms. The molecule has 162 valence electrons. The zero-order valence-electron chi connectivity index (χ0n) is 17.7. The van der Waals surface area contributed by atoms with Gasteiger partial charge in [-0.05, 0) is 44.7 Å². The molecule has 1 aliphatic carbocycles. The van der Waals surface area contributed by atoms with Crippen molar-refractivity contribution >= 4 is 29.0 Å². The summed E-state index contributed by atoms with van der Waals surface area (Å²) in [6.45, 7) is 3.89. The van der Waals surface area contributed by atoms with Crippen LogP contribution in [0.4, 0.5) is 6.01 Å². The van der Waals surface area contributed by atoms with Crippen molar-refractivity contribution in [1.29, 1.82) is 0 Å². The van der Waals surface area contributed by atoms with Gasteiger partial charge in [0.25, 0.3) is 11.9 Å². The lowest BCUT2D eigenvalue weighted by molar-refractivity contribution is -0.157. The molecule has 0 bridgehead atoms. The molecule has 2 fully saturated rings. The zero-order chi connectivity index (χ0) is 20.9. The van der Waals surface area contributed by atoms with E-state index >= 15 is 0 Å². The Morgan fingerprint density at radius 2 is 1.87 bits per heavy atom. The molecule has 0 unspecified atom stereocenters. The molecule has 0 atom stereocenters. The molecule has 1 amide bonds. The lowest BCUT2D eigenvalue weighted by Crippen LogP contribution is -2.44. The van der Waals surface area contributed by atoms with Crippen LogP contribution in [0.3, 0.4) is 0 Å². The van der Waals surface area contributed by atoms with Crippen LogP contribution in [-0.2, 0) is 14.3 Å². The molecule has 0 spiro atoms. The van der Waals surface area contributed by atoms with Crippen LogP contribution in [0, 0.1) is 5.92 Å². The lowest BCUT2D eigenvalue weighted by Gasteiger charge is -2.33. The van der Waals surface area contributed by atoms with Crippen molar-refractivity contribution in [2.75, 3.05) is 31.1 Å². The summed E-state index contributed by atoms with van der Waals surface area (Å²) in [5, 5.41) is 0. The van der Waals surface area contributed by atoms with Gasteiger partial charge in [-0.1, -0.05) is 31.4 Å². The number of ether oxygens (including phenoxy) is 1. The first kappa shape index (κ1) is 20.7. The number of rotatable bonds is 6. The number of amides is 1. The van der Waals surface area contributed by atoms with Gasteiger partial charge in [0.05, 0.1) is 5.92 Å². The average Bonchev–Trinajstić information content (AvgIpc) is 3.23. The summed E-state index contributed by atoms with van der Waals surface area (Å²) in [6, 6.07) is 8.59. The van der Waals surface area contributed by atoms with Gasteiger partial charge in [0.15, 0.2) is 12.2 Å². The van der Waals surface area contributed by atoms with E-state index in [1.807, 2.05) is 36.1 Å². The molecule has 0 radical (unpaired) electrons. The van der Waals surface area contributed by atoms with Crippen molar-refractivity contribution < 1.29 is 18.7 Å². The standard InChI is InChI=1S/C23H31N3O4/c1-2-26(18-8-4-3-5-9-18)21(27)16-29-22(28)17-12-14-25(15-13-17)23-24-19-10-6-7-11-20(19)30-23/h6-7,10-11,17-18H,2-5,8-9,12-16H2,1H3. The molecule has 1 aliphatic heterocycles. The van der Waals surface area contributed by atoms with Gasteiger partial charge in [0.1, 0.15) is 5.52 Å². The van der Waals surface area contributed by atoms with E-state index in [0.29, 0.717) is 44.5 Å². The molecule has 4 rings (SSSR count). The monoisotopic (exact) mass is 413 g/mol. The maximum absolute atomic E-state index is 12.6. The highest BCUT2D eigenvalue weighted by Crippen LogP contribution is 2.27. The molecular weight excluding hydrogens is 382 g/mol. The number of esters is 1. The maximum Gasteiger partial charge on any atom is 0.309 e. The minimum absolute atomic E-state index is 0.0679. The zero-order valence-corrected chi connectivity index (χ0v) is 17.7. The number of carbonyl (C=O) groups is 2. The number of benzene rings is 1. The van der Waals surface area contributed by atoms with Crippen molar-refractivity contribution in [1.82, 2.24) is 9.88 Å². The predicted octanol–water partition coefficient (Wildman–Crippen LogP) is 3.77. The largest absolute Gasteiger partial charge is 0.455 e. The molecule has 1 aromatic heterocycles. The van der Waals surface area contributed by atoms with Crippen LogP contribution in [0.5, 0.6) is 0 Å². The summed E-state index contributed by atoms with van der Waals surface area (Å²) in [5.74, 6) is -0.509. The van der Waals surface area contributed by atoms with E-state index in [4.69, 9.17) is 9.15 Å². The van der Waals surface area contributed by atoms with Crippen molar-refractivity contribution in [2.45, 2.75) is 57.9 Å². The number of anilines is 1. The Balaban J connectivity index is 1.25. The molecular formula is C23H31N3O4. The Kier molecular flexibility index (Phi) is 6.55. The molecule has 0 N–H and O–H groups in total. The first-order valence-corrected chi connectivity index (χ1v) is 11.2. The van der Waals surface area contributed by atoms with E-state index in [1.54, 1.807) is 0 Å². The fraction of sp³-hybridized carbons (Fsp3) is 0.609. The fourth-order valence-electron chi connectivity index (χ4n) is 4.67. The molecule has 2 aromatic rings. The Bertz CT molecular complexity index is 833. The topological polar surface area (TPSA) is 75.9 Å². The molecule has 2 aliphatic rings. The number of hydrogen-bond donors (Lipinski definition) is 0. The molecule has 2 heterocycles. The van der Waals surface area contributed by atoms with Gasteiger partial charge in [-0.25, -0.2) is 0 Å². The number of piperidine rings is 1. The van der Waals surface area contributed by atoms with E-state index in [1.165, 1.54) is 19.3 Å². The van der Waals surface area contributed by atoms with Gasteiger partial charge in [0, 0.05) is 25.7 Å². The van der Waals surface area contributed by atoms with E-state index in [2.05, 4.69) is 9.88 Å². The Morgan fingerprint density at radius 3 is 2.57 bits per heavy atom. The molecule has 1 aromatic carbocycles. The number of nitrogens with zero attached hydrogens (tertiary/aromatic N) is 3. The van der Waals surface area contributed by atoms with E-state index < -0.39 is 0 Å². The number of likely N-dealkylation sites (N-methyl/N-ethyl adjacent to an activating group) is 1. The Morgan fingerprint density at radius 1 is 1.13 bits per heavy atom. The summed E-state index contributed by atoms with van der Waals surface area (Å²) in [7, 11) is 0. The highest BCUT2D eigenvalue weighted by Gasteiger charge is 2.30. The molecule has 1 saturated carbocycles. The van der Waals surface area contributed by atoms with Crippen molar-refractivity contribution in [3.05, 3.63) is 24.3 Å². The SMILES string of the molecule is CCN(C(=O)COC(=O)C1CCN(c2nc3ccccc3o2)CC1)C1CCCCC1. The van der Waals surface area contributed by atoms with Crippen molar-refractivity contribution in [3.63, 3.8) is 0 Å². The van der Waals surface area contributed by atoms with Crippen molar-refractivity contribution in [2.24, 2.45) is 5.92 Å². The van der Waals surface area contributed by atoms with Crippen LogP contribution >= 0.6 is 0 Å². The molecule has 7 nitrogen and oxygen atoms in total. The Hall–Kier alpha value is -2.57. The highest BCUT2D eigenvalue weighted by atomic mass is 16.5. The van der Waals surface area contributed by atoms with Crippen LogP contribution in [0.15, 0.2) is 28.7 Å². The van der Waals surface area contributed by atoms with Gasteiger partial charge in [-0.15, -0.1) is 0 Å². The number of oxazole rings is 1. The van der Waals surface area contributed by atoms with Crippen LogP contribution < -0.4 is 4.90 Å². The average molecular weight is 414 g/mol. The highest BCUT2D eigenvalue weighted by molar-refractivity contribution is 5.81. The smallest absolute Gasteiger partial charge is 0.309 e. The third-order valence-electron chi connectivity index (χ3n) is 6.40. The first-order chi connectivity index (χ1) is 14.7. The fourth-order valence-corrected chi connectivity index (χ4v) is 4.67. The van der Waals surface area contributed by atoms with Crippen LogP contribution in [0.25, 0.3) is 11.1 Å². The number of carbonyl (C=O) groups excluding carboxylic acids is 2. The molecule has 1 saturated heterocycles. The van der Waals surface area contributed by atoms with E-state index in [0.717, 1.165) is 23.9 Å². The van der Waals surface area contributed by atoms with Gasteiger partial charge < -0.3 is 19.0 Å². The third kappa shape index (κ3) is 4.60. The second-order valence-corrected chi connectivity index (χ2v) is 8.30. The summed E-state index contributed by atoms with van der Waals surface area (Å²) >= 11 is 0. The lowest BCUT2D eigenvalue weighted by atomic mass is 9.94. The van der Waals surface area contributed by atoms with Gasteiger partial charge in [0.2, 0.25) is 0 Å². The summed E-state index contributed by atoms with van der Waals surface area (Å²) in [6.07, 6.45) is 7.06. The molecule has 30 heavy (non-hydrogen) atoms. The quantitative estimate of drug-likeness (QED) is 0.671. The summed E-state index contributed by atoms with van der Waals surface area (Å²) < 4.78 is 11.2. The predicted molar refractivity (Wildman–Crippen MR) is 114 cm³/mol. The second-order valence-electron chi connectivity index (χ2n) is 8.30. The summed E-state index contributed by atoms with van der Waals surface area (Å²) in [4.78, 5) is 33.6. The van der Waals surface area contributed by atoms with E-state index in [-0.39, 0.29) is 24.4 Å². The number of hydrogen-bond acceptors (Lipinski definition) is 6. The number of aromatic nitrogens is 1. The van der Waals surface area contributed by atoms with E-state index in [9.17, 15) is 9.59 Å². The van der Waals surface area contributed by atoms with Crippen LogP contribution in [0.2, 0.25) is 0 Å². The minimum atomic E-state index is -0.264. The minimum Gasteiger partial charge on any atom is -0.455 e.